The maximum atomic E-state index is 10.8. The van der Waals surface area contributed by atoms with Crippen molar-refractivity contribution in [2.24, 2.45) is 0 Å². The lowest BCUT2D eigenvalue weighted by atomic mass is 10.1. The molecule has 1 aromatic heterocycles. The van der Waals surface area contributed by atoms with E-state index in [9.17, 15) is 4.79 Å². The normalized spacial score (nSPS) is 10.5. The number of hydrogen-bond acceptors (Lipinski definition) is 4. The second-order valence-corrected chi connectivity index (χ2v) is 5.19. The van der Waals surface area contributed by atoms with Crippen LogP contribution in [0.2, 0.25) is 0 Å². The summed E-state index contributed by atoms with van der Waals surface area (Å²) in [7, 11) is 1.66. The van der Waals surface area contributed by atoms with E-state index >= 15 is 0 Å². The number of anilines is 1. The number of unbranched alkanes of at least 4 members (excludes halogenated alkanes) is 2. The number of nitrogens with one attached hydrogen (secondary N) is 2. The Balaban J connectivity index is 1.86. The number of nitrogens with zero attached hydrogens (tertiary/aromatic N) is 1. The second kappa shape index (κ2) is 8.22. The van der Waals surface area contributed by atoms with E-state index in [1.165, 1.54) is 0 Å². The summed E-state index contributed by atoms with van der Waals surface area (Å²) in [6, 6.07) is 7.92. The number of amides is 1. The maximum Gasteiger partial charge on any atom is 0.216 e. The van der Waals surface area contributed by atoms with E-state index in [1.807, 2.05) is 24.3 Å². The van der Waals surface area contributed by atoms with Crippen LogP contribution in [-0.2, 0) is 4.79 Å². The fourth-order valence-electron chi connectivity index (χ4n) is 2.38. The quantitative estimate of drug-likeness (QED) is 0.736. The average molecular weight is 301 g/mol. The molecule has 1 aromatic carbocycles. The second-order valence-electron chi connectivity index (χ2n) is 5.19. The van der Waals surface area contributed by atoms with Gasteiger partial charge in [-0.2, -0.15) is 0 Å². The summed E-state index contributed by atoms with van der Waals surface area (Å²) in [5, 5.41) is 7.33. The fraction of sp³-hybridized carbons (Fsp3) is 0.412. The number of hydrogen-bond donors (Lipinski definition) is 2. The first kappa shape index (κ1) is 16.1. The molecule has 1 amide bonds. The van der Waals surface area contributed by atoms with E-state index in [-0.39, 0.29) is 5.91 Å². The molecule has 2 rings (SSSR count). The highest BCUT2D eigenvalue weighted by Gasteiger charge is 2.05. The molecule has 0 atom stereocenters. The zero-order valence-corrected chi connectivity index (χ0v) is 13.2. The van der Waals surface area contributed by atoms with Crippen molar-refractivity contribution >= 4 is 22.5 Å². The summed E-state index contributed by atoms with van der Waals surface area (Å²) < 4.78 is 5.35. The number of pyridine rings is 1. The maximum absolute atomic E-state index is 10.8. The highest BCUT2D eigenvalue weighted by atomic mass is 16.5. The molecule has 22 heavy (non-hydrogen) atoms. The molecule has 0 bridgehead atoms. The van der Waals surface area contributed by atoms with Gasteiger partial charge < -0.3 is 15.4 Å². The summed E-state index contributed by atoms with van der Waals surface area (Å²) in [5.41, 5.74) is 1.95. The van der Waals surface area contributed by atoms with E-state index in [0.29, 0.717) is 0 Å². The number of fused-ring (bicyclic) bond motifs is 1. The van der Waals surface area contributed by atoms with Gasteiger partial charge in [0.1, 0.15) is 11.3 Å². The van der Waals surface area contributed by atoms with Crippen molar-refractivity contribution < 1.29 is 9.53 Å². The summed E-state index contributed by atoms with van der Waals surface area (Å²) in [6.45, 7) is 3.20. The van der Waals surface area contributed by atoms with Crippen molar-refractivity contribution in [3.05, 3.63) is 30.5 Å². The van der Waals surface area contributed by atoms with Crippen molar-refractivity contribution in [3.63, 3.8) is 0 Å². The SMILES string of the molecule is COc1cccc2c(NCCCCCNC(C)=O)ccnc12. The van der Waals surface area contributed by atoms with Crippen LogP contribution in [0.15, 0.2) is 30.5 Å². The summed E-state index contributed by atoms with van der Waals surface area (Å²) >= 11 is 0. The molecule has 0 aliphatic heterocycles. The number of ether oxygens (including phenoxy) is 1. The first-order valence-electron chi connectivity index (χ1n) is 7.62. The van der Waals surface area contributed by atoms with Crippen LogP contribution < -0.4 is 15.4 Å². The van der Waals surface area contributed by atoms with Crippen molar-refractivity contribution in [2.45, 2.75) is 26.2 Å². The van der Waals surface area contributed by atoms with Gasteiger partial charge in [0.2, 0.25) is 5.91 Å². The third-order valence-electron chi connectivity index (χ3n) is 3.50. The Hall–Kier alpha value is -2.30. The van der Waals surface area contributed by atoms with E-state index in [1.54, 1.807) is 20.2 Å². The van der Waals surface area contributed by atoms with Crippen molar-refractivity contribution in [2.75, 3.05) is 25.5 Å². The van der Waals surface area contributed by atoms with E-state index in [0.717, 1.165) is 54.7 Å². The first-order chi connectivity index (χ1) is 10.7. The van der Waals surface area contributed by atoms with Crippen LogP contribution in [0.4, 0.5) is 5.69 Å². The number of para-hydroxylation sites is 1. The standard InChI is InChI=1S/C17H23N3O2/c1-13(21)18-10-4-3-5-11-19-15-9-12-20-17-14(15)7-6-8-16(17)22-2/h6-9,12H,3-5,10-11H2,1-2H3,(H,18,21)(H,19,20). The first-order valence-corrected chi connectivity index (χ1v) is 7.62. The Kier molecular flexibility index (Phi) is 6.01. The van der Waals surface area contributed by atoms with Gasteiger partial charge in [-0.1, -0.05) is 12.1 Å². The molecule has 5 nitrogen and oxygen atoms in total. The van der Waals surface area contributed by atoms with E-state index in [2.05, 4.69) is 15.6 Å². The zero-order chi connectivity index (χ0) is 15.8. The van der Waals surface area contributed by atoms with Gasteiger partial charge in [-0.05, 0) is 31.4 Å². The molecule has 5 heteroatoms. The summed E-state index contributed by atoms with van der Waals surface area (Å²) in [6.07, 6.45) is 4.95. The molecule has 0 unspecified atom stereocenters. The van der Waals surface area contributed by atoms with Gasteiger partial charge in [0.15, 0.2) is 0 Å². The van der Waals surface area contributed by atoms with Crippen LogP contribution in [-0.4, -0.2) is 31.1 Å². The smallest absolute Gasteiger partial charge is 0.216 e. The predicted molar refractivity (Wildman–Crippen MR) is 89.3 cm³/mol. The van der Waals surface area contributed by atoms with Crippen LogP contribution in [0.1, 0.15) is 26.2 Å². The van der Waals surface area contributed by atoms with Gasteiger partial charge in [0.25, 0.3) is 0 Å². The van der Waals surface area contributed by atoms with Gasteiger partial charge in [-0.25, -0.2) is 0 Å². The largest absolute Gasteiger partial charge is 0.494 e. The van der Waals surface area contributed by atoms with Gasteiger partial charge in [-0.15, -0.1) is 0 Å². The third-order valence-corrected chi connectivity index (χ3v) is 3.50. The molecule has 0 aliphatic rings. The molecule has 0 spiro atoms. The Bertz CT molecular complexity index is 628. The van der Waals surface area contributed by atoms with E-state index < -0.39 is 0 Å². The van der Waals surface area contributed by atoms with Crippen molar-refractivity contribution in [3.8, 4) is 5.75 Å². The van der Waals surface area contributed by atoms with Crippen LogP contribution in [0, 0.1) is 0 Å². The minimum atomic E-state index is 0.0373. The fourth-order valence-corrected chi connectivity index (χ4v) is 2.38. The summed E-state index contributed by atoms with van der Waals surface area (Å²) in [5.74, 6) is 0.826. The molecule has 1 heterocycles. The zero-order valence-electron chi connectivity index (χ0n) is 13.2. The van der Waals surface area contributed by atoms with Gasteiger partial charge in [0.05, 0.1) is 7.11 Å². The van der Waals surface area contributed by atoms with Gasteiger partial charge in [0, 0.05) is 37.3 Å². The van der Waals surface area contributed by atoms with Crippen LogP contribution >= 0.6 is 0 Å². The number of carbonyl (C=O) groups is 1. The van der Waals surface area contributed by atoms with E-state index in [4.69, 9.17) is 4.74 Å². The van der Waals surface area contributed by atoms with Crippen molar-refractivity contribution in [1.82, 2.24) is 10.3 Å². The highest BCUT2D eigenvalue weighted by molar-refractivity contribution is 5.94. The minimum Gasteiger partial charge on any atom is -0.494 e. The predicted octanol–water partition coefficient (Wildman–Crippen LogP) is 2.96. The summed E-state index contributed by atoms with van der Waals surface area (Å²) in [4.78, 5) is 15.1. The molecule has 2 aromatic rings. The number of aromatic nitrogens is 1. The molecule has 0 saturated heterocycles. The Labute approximate surface area is 131 Å². The molecular weight excluding hydrogens is 278 g/mol. The topological polar surface area (TPSA) is 63.2 Å². The van der Waals surface area contributed by atoms with Crippen LogP contribution in [0.3, 0.4) is 0 Å². The van der Waals surface area contributed by atoms with Crippen LogP contribution in [0.25, 0.3) is 10.9 Å². The number of methoxy groups -OCH3 is 1. The number of benzene rings is 1. The lowest BCUT2D eigenvalue weighted by molar-refractivity contribution is -0.118. The average Bonchev–Trinajstić information content (AvgIpc) is 2.53. The van der Waals surface area contributed by atoms with Crippen LogP contribution in [0.5, 0.6) is 5.75 Å². The number of carbonyl (C=O) groups excluding carboxylic acids is 1. The molecule has 0 radical (unpaired) electrons. The molecule has 118 valence electrons. The lowest BCUT2D eigenvalue weighted by Gasteiger charge is -2.11. The monoisotopic (exact) mass is 301 g/mol. The third kappa shape index (κ3) is 4.35. The molecule has 0 saturated carbocycles. The van der Waals surface area contributed by atoms with Gasteiger partial charge >= 0.3 is 0 Å². The lowest BCUT2D eigenvalue weighted by Crippen LogP contribution is -2.20. The molecule has 0 fully saturated rings. The Morgan fingerprint density at radius 1 is 1.18 bits per heavy atom. The Morgan fingerprint density at radius 2 is 2.00 bits per heavy atom. The minimum absolute atomic E-state index is 0.0373. The Morgan fingerprint density at radius 3 is 2.77 bits per heavy atom. The molecular formula is C17H23N3O2. The molecule has 0 aliphatic carbocycles. The highest BCUT2D eigenvalue weighted by Crippen LogP contribution is 2.28. The number of rotatable bonds is 8. The van der Waals surface area contributed by atoms with Gasteiger partial charge in [-0.3, -0.25) is 9.78 Å². The van der Waals surface area contributed by atoms with Crippen molar-refractivity contribution in [1.29, 1.82) is 0 Å². The molecule has 2 N–H and O–H groups in total.